The van der Waals surface area contributed by atoms with E-state index >= 15 is 0 Å². The van der Waals surface area contributed by atoms with Crippen LogP contribution in [0.4, 0.5) is 0 Å². The Kier molecular flexibility index (Phi) is 1.57. The lowest BCUT2D eigenvalue weighted by atomic mass is 10.2. The second-order valence-corrected chi connectivity index (χ2v) is 2.87. The molecule has 0 N–H and O–H groups in total. The van der Waals surface area contributed by atoms with Crippen LogP contribution >= 0.6 is 0 Å². The molecule has 0 unspecified atom stereocenters. The molecular weight excluding hydrogens is 150 g/mol. The maximum Gasteiger partial charge on any atom is 0.160 e. The Balaban J connectivity index is 2.71. The Morgan fingerprint density at radius 2 is 2.17 bits per heavy atom. The maximum atomic E-state index is 4.01. The van der Waals surface area contributed by atoms with Gasteiger partial charge in [-0.1, -0.05) is 13.0 Å². The van der Waals surface area contributed by atoms with Gasteiger partial charge in [0.25, 0.3) is 0 Å². The van der Waals surface area contributed by atoms with Crippen LogP contribution < -0.4 is 0 Å². The summed E-state index contributed by atoms with van der Waals surface area (Å²) >= 11 is 0. The van der Waals surface area contributed by atoms with Gasteiger partial charge in [0, 0.05) is 6.20 Å². The molecule has 2 aromatic heterocycles. The van der Waals surface area contributed by atoms with Gasteiger partial charge in [0.2, 0.25) is 0 Å². The fraction of sp³-hybridized carbons (Fsp3) is 0.333. The number of aromatic nitrogens is 3. The highest BCUT2D eigenvalue weighted by Gasteiger charge is 1.99. The molecule has 0 aliphatic carbocycles. The van der Waals surface area contributed by atoms with Crippen molar-refractivity contribution in [1.29, 1.82) is 0 Å². The number of hydrogen-bond donors (Lipinski definition) is 0. The maximum absolute atomic E-state index is 4.01. The van der Waals surface area contributed by atoms with Crippen molar-refractivity contribution in [2.45, 2.75) is 20.3 Å². The molecule has 0 fully saturated rings. The normalized spacial score (nSPS) is 10.8. The first kappa shape index (κ1) is 7.28. The molecule has 0 radical (unpaired) electrons. The number of hydrogen-bond acceptors (Lipinski definition) is 2. The van der Waals surface area contributed by atoms with Crippen molar-refractivity contribution < 1.29 is 0 Å². The lowest BCUT2D eigenvalue weighted by molar-refractivity contribution is 0.989. The number of pyridine rings is 1. The summed E-state index contributed by atoms with van der Waals surface area (Å²) < 4.78 is 2.01. The fourth-order valence-corrected chi connectivity index (χ4v) is 1.26. The summed E-state index contributed by atoms with van der Waals surface area (Å²) in [7, 11) is 0. The molecule has 3 heteroatoms. The Labute approximate surface area is 71.1 Å². The molecule has 62 valence electrons. The fourth-order valence-electron chi connectivity index (χ4n) is 1.26. The molecule has 0 saturated heterocycles. The third kappa shape index (κ3) is 0.978. The molecule has 0 spiro atoms. The summed E-state index contributed by atoms with van der Waals surface area (Å²) in [5.74, 6) is 0.945. The molecule has 0 atom stereocenters. The first-order valence-electron chi connectivity index (χ1n) is 4.11. The van der Waals surface area contributed by atoms with Crippen LogP contribution in [0.25, 0.3) is 5.65 Å². The highest BCUT2D eigenvalue weighted by Crippen LogP contribution is 2.06. The zero-order valence-electron chi connectivity index (χ0n) is 7.28. The molecule has 0 aliphatic rings. The van der Waals surface area contributed by atoms with E-state index in [1.165, 1.54) is 5.56 Å². The molecule has 0 aliphatic heterocycles. The molecule has 0 bridgehead atoms. The summed E-state index contributed by atoms with van der Waals surface area (Å²) in [5, 5.41) is 7.99. The quantitative estimate of drug-likeness (QED) is 0.636. The van der Waals surface area contributed by atoms with Crippen LogP contribution in [-0.2, 0) is 6.42 Å². The van der Waals surface area contributed by atoms with Crippen molar-refractivity contribution >= 4 is 5.65 Å². The predicted molar refractivity (Wildman–Crippen MR) is 47.1 cm³/mol. The van der Waals surface area contributed by atoms with Gasteiger partial charge >= 0.3 is 0 Å². The second kappa shape index (κ2) is 2.59. The highest BCUT2D eigenvalue weighted by molar-refractivity contribution is 5.39. The summed E-state index contributed by atoms with van der Waals surface area (Å²) in [6.45, 7) is 4.10. The monoisotopic (exact) mass is 161 g/mol. The number of rotatable bonds is 1. The van der Waals surface area contributed by atoms with Crippen LogP contribution in [0.2, 0.25) is 0 Å². The average molecular weight is 161 g/mol. The minimum Gasteiger partial charge on any atom is -0.286 e. The van der Waals surface area contributed by atoms with Crippen LogP contribution in [0.5, 0.6) is 0 Å². The number of nitrogens with zero attached hydrogens (tertiary/aromatic N) is 3. The van der Waals surface area contributed by atoms with Gasteiger partial charge in [0.05, 0.1) is 0 Å². The van der Waals surface area contributed by atoms with Crippen molar-refractivity contribution in [3.63, 3.8) is 0 Å². The first-order valence-corrected chi connectivity index (χ1v) is 4.11. The van der Waals surface area contributed by atoms with E-state index in [1.54, 1.807) is 0 Å². The van der Waals surface area contributed by atoms with Gasteiger partial charge < -0.3 is 0 Å². The van der Waals surface area contributed by atoms with Gasteiger partial charge in [0.15, 0.2) is 5.65 Å². The van der Waals surface area contributed by atoms with Crippen LogP contribution in [0, 0.1) is 6.92 Å². The van der Waals surface area contributed by atoms with Crippen LogP contribution in [0.15, 0.2) is 18.3 Å². The molecule has 2 aromatic rings. The van der Waals surface area contributed by atoms with E-state index in [0.29, 0.717) is 0 Å². The first-order chi connectivity index (χ1) is 5.81. The summed E-state index contributed by atoms with van der Waals surface area (Å²) in [6.07, 6.45) is 3.14. The lowest BCUT2D eigenvalue weighted by Crippen LogP contribution is -1.90. The molecule has 0 aromatic carbocycles. The Bertz CT molecular complexity index is 403. The minimum absolute atomic E-state index is 0.921. The van der Waals surface area contributed by atoms with E-state index in [4.69, 9.17) is 0 Å². The van der Waals surface area contributed by atoms with Gasteiger partial charge in [-0.3, -0.25) is 4.40 Å². The highest BCUT2D eigenvalue weighted by atomic mass is 15.2. The number of fused-ring (bicyclic) bond motifs is 1. The average Bonchev–Trinajstić information content (AvgIpc) is 2.47. The third-order valence-electron chi connectivity index (χ3n) is 2.04. The van der Waals surface area contributed by atoms with Crippen molar-refractivity contribution in [2.75, 3.05) is 0 Å². The van der Waals surface area contributed by atoms with Gasteiger partial charge in [-0.15, -0.1) is 10.2 Å². The van der Waals surface area contributed by atoms with Gasteiger partial charge in [-0.25, -0.2) is 0 Å². The molecule has 12 heavy (non-hydrogen) atoms. The third-order valence-corrected chi connectivity index (χ3v) is 2.04. The Morgan fingerprint density at radius 3 is 2.92 bits per heavy atom. The largest absolute Gasteiger partial charge is 0.286 e. The van der Waals surface area contributed by atoms with Crippen LogP contribution in [0.1, 0.15) is 18.3 Å². The predicted octanol–water partition coefficient (Wildman–Crippen LogP) is 1.60. The smallest absolute Gasteiger partial charge is 0.160 e. The minimum atomic E-state index is 0.921. The van der Waals surface area contributed by atoms with E-state index in [-0.39, 0.29) is 0 Å². The number of aryl methyl sites for hydroxylation is 2. The van der Waals surface area contributed by atoms with Crippen molar-refractivity contribution in [2.24, 2.45) is 0 Å². The van der Waals surface area contributed by atoms with E-state index in [0.717, 1.165) is 17.9 Å². The van der Waals surface area contributed by atoms with Gasteiger partial charge in [-0.05, 0) is 25.0 Å². The molecular formula is C9H11N3. The Morgan fingerprint density at radius 1 is 1.33 bits per heavy atom. The Hall–Kier alpha value is -1.38. The topological polar surface area (TPSA) is 30.2 Å². The summed E-state index contributed by atoms with van der Waals surface area (Å²) in [6, 6.07) is 4.09. The molecule has 2 heterocycles. The van der Waals surface area contributed by atoms with E-state index in [9.17, 15) is 0 Å². The van der Waals surface area contributed by atoms with Crippen LogP contribution in [-0.4, -0.2) is 14.6 Å². The van der Waals surface area contributed by atoms with Gasteiger partial charge in [-0.2, -0.15) is 0 Å². The lowest BCUT2D eigenvalue weighted by Gasteiger charge is -1.97. The van der Waals surface area contributed by atoms with Crippen LogP contribution in [0.3, 0.4) is 0 Å². The molecule has 2 rings (SSSR count). The SMILES string of the molecule is CCc1ccc2nnc(C)n2c1. The zero-order valence-corrected chi connectivity index (χ0v) is 7.28. The van der Waals surface area contributed by atoms with Crippen molar-refractivity contribution in [1.82, 2.24) is 14.6 Å². The van der Waals surface area contributed by atoms with Gasteiger partial charge in [0.1, 0.15) is 5.82 Å². The molecule has 0 amide bonds. The van der Waals surface area contributed by atoms with Crippen molar-refractivity contribution in [3.05, 3.63) is 29.7 Å². The molecule has 0 saturated carbocycles. The second-order valence-electron chi connectivity index (χ2n) is 2.87. The standard InChI is InChI=1S/C9H11N3/c1-3-8-4-5-9-11-10-7(2)12(9)6-8/h4-6H,3H2,1-2H3. The van der Waals surface area contributed by atoms with E-state index in [1.807, 2.05) is 17.4 Å². The van der Waals surface area contributed by atoms with E-state index < -0.39 is 0 Å². The van der Waals surface area contributed by atoms with E-state index in [2.05, 4.69) is 29.4 Å². The van der Waals surface area contributed by atoms with Crippen molar-refractivity contribution in [3.8, 4) is 0 Å². The molecule has 3 nitrogen and oxygen atoms in total. The summed E-state index contributed by atoms with van der Waals surface area (Å²) in [4.78, 5) is 0. The zero-order chi connectivity index (χ0) is 8.55. The summed E-state index contributed by atoms with van der Waals surface area (Å²) in [5.41, 5.74) is 2.23.